The molecule has 0 saturated carbocycles. The van der Waals surface area contributed by atoms with Crippen LogP contribution in [0.15, 0.2) is 164 Å². The van der Waals surface area contributed by atoms with Gasteiger partial charge in [0.2, 0.25) is 0 Å². The summed E-state index contributed by atoms with van der Waals surface area (Å²) in [4.78, 5) is 5.27. The molecule has 0 amide bonds. The molecule has 9 aromatic rings. The smallest absolute Gasteiger partial charge is 0.0722 e. The summed E-state index contributed by atoms with van der Waals surface area (Å²) >= 11 is 0. The molecule has 1 heterocycles. The van der Waals surface area contributed by atoms with E-state index < -0.39 is 0 Å². The van der Waals surface area contributed by atoms with Crippen molar-refractivity contribution < 1.29 is 0 Å². The molecule has 1 heteroatoms. The molecule has 0 fully saturated rings. The lowest BCUT2D eigenvalue weighted by molar-refractivity contribution is 0.660. The van der Waals surface area contributed by atoms with Gasteiger partial charge in [0.25, 0.3) is 0 Å². The molecule has 230 valence electrons. The minimum Gasteiger partial charge on any atom is -0.248 e. The van der Waals surface area contributed by atoms with Crippen molar-refractivity contribution in [2.45, 2.75) is 19.3 Å². The maximum Gasteiger partial charge on any atom is 0.0722 e. The Bertz CT molecular complexity index is 2800. The van der Waals surface area contributed by atoms with Crippen molar-refractivity contribution in [1.29, 1.82) is 0 Å². The number of hydrogen-bond acceptors (Lipinski definition) is 1. The highest BCUT2D eigenvalue weighted by atomic mass is 14.7. The molecule has 0 radical (unpaired) electrons. The van der Waals surface area contributed by atoms with E-state index in [2.05, 4.69) is 178 Å². The van der Waals surface area contributed by atoms with E-state index in [1.165, 1.54) is 82.4 Å². The van der Waals surface area contributed by atoms with E-state index in [0.29, 0.717) is 0 Å². The van der Waals surface area contributed by atoms with Gasteiger partial charge in [-0.15, -0.1) is 0 Å². The molecule has 49 heavy (non-hydrogen) atoms. The van der Waals surface area contributed by atoms with E-state index in [1.807, 2.05) is 0 Å². The monoisotopic (exact) mass is 623 g/mol. The van der Waals surface area contributed by atoms with Crippen LogP contribution in [0.5, 0.6) is 0 Å². The van der Waals surface area contributed by atoms with E-state index in [9.17, 15) is 0 Å². The van der Waals surface area contributed by atoms with Gasteiger partial charge in [-0.2, -0.15) is 0 Å². The van der Waals surface area contributed by atoms with Gasteiger partial charge >= 0.3 is 0 Å². The first-order valence-corrected chi connectivity index (χ1v) is 17.1. The third-order valence-corrected chi connectivity index (χ3v) is 10.8. The van der Waals surface area contributed by atoms with Crippen molar-refractivity contribution >= 4 is 43.2 Å². The molecule has 1 aliphatic carbocycles. The van der Waals surface area contributed by atoms with Crippen LogP contribution in [0.3, 0.4) is 0 Å². The molecule has 0 N–H and O–H groups in total. The molecule has 1 nitrogen and oxygen atoms in total. The predicted octanol–water partition coefficient (Wildman–Crippen LogP) is 13.0. The summed E-state index contributed by atoms with van der Waals surface area (Å²) < 4.78 is 0. The maximum absolute atomic E-state index is 5.27. The number of benzene rings is 8. The van der Waals surface area contributed by atoms with Gasteiger partial charge in [0, 0.05) is 16.4 Å². The molecule has 8 aromatic carbocycles. The summed E-state index contributed by atoms with van der Waals surface area (Å²) in [6, 6.07) is 60.1. The molecule has 0 saturated heterocycles. The highest BCUT2D eigenvalue weighted by molar-refractivity contribution is 6.23. The van der Waals surface area contributed by atoms with Crippen molar-refractivity contribution in [3.05, 3.63) is 175 Å². The van der Waals surface area contributed by atoms with Crippen LogP contribution in [-0.4, -0.2) is 4.98 Å². The average Bonchev–Trinajstić information content (AvgIpc) is 3.39. The van der Waals surface area contributed by atoms with Gasteiger partial charge in [0.05, 0.1) is 11.2 Å². The van der Waals surface area contributed by atoms with Crippen molar-refractivity contribution in [2.75, 3.05) is 0 Å². The van der Waals surface area contributed by atoms with Gasteiger partial charge in [-0.05, 0) is 101 Å². The highest BCUT2D eigenvalue weighted by Crippen LogP contribution is 2.54. The fourth-order valence-electron chi connectivity index (χ4n) is 8.46. The molecule has 0 aliphatic heterocycles. The summed E-state index contributed by atoms with van der Waals surface area (Å²) in [6.45, 7) is 4.73. The van der Waals surface area contributed by atoms with Crippen molar-refractivity contribution in [2.24, 2.45) is 0 Å². The van der Waals surface area contributed by atoms with Gasteiger partial charge in [0.15, 0.2) is 0 Å². The minimum atomic E-state index is -0.0846. The zero-order chi connectivity index (χ0) is 32.7. The number of hydrogen-bond donors (Lipinski definition) is 0. The fraction of sp³-hybridized carbons (Fsp3) is 0.0625. The molecule has 0 bridgehead atoms. The number of para-hydroxylation sites is 1. The van der Waals surface area contributed by atoms with Gasteiger partial charge < -0.3 is 0 Å². The molecule has 0 unspecified atom stereocenters. The summed E-state index contributed by atoms with van der Waals surface area (Å²) in [6.07, 6.45) is 0. The molecular weight excluding hydrogens is 591 g/mol. The maximum atomic E-state index is 5.27. The van der Waals surface area contributed by atoms with E-state index in [-0.39, 0.29) is 5.41 Å². The Hall–Kier alpha value is -6.05. The third kappa shape index (κ3) is 4.15. The topological polar surface area (TPSA) is 12.9 Å². The largest absolute Gasteiger partial charge is 0.248 e. The Morgan fingerprint density at radius 1 is 0.388 bits per heavy atom. The lowest BCUT2D eigenvalue weighted by atomic mass is 9.80. The lowest BCUT2D eigenvalue weighted by Crippen LogP contribution is -2.14. The zero-order valence-electron chi connectivity index (χ0n) is 27.5. The average molecular weight is 624 g/mol. The first-order chi connectivity index (χ1) is 24.1. The normalized spacial score (nSPS) is 13.3. The SMILES string of the molecule is CC1(C)c2ccccc2-c2c(-c3c4ccccc4c(-c4ccc5ccccc5n4)c4ccc(-c5ccc6ccccc6c5)cc34)cccc21. The van der Waals surface area contributed by atoms with Crippen LogP contribution in [-0.2, 0) is 5.41 Å². The van der Waals surface area contributed by atoms with Crippen molar-refractivity contribution in [3.63, 3.8) is 0 Å². The number of pyridine rings is 1. The molecule has 1 aromatic heterocycles. The van der Waals surface area contributed by atoms with Gasteiger partial charge in [-0.3, -0.25) is 0 Å². The van der Waals surface area contributed by atoms with Crippen LogP contribution in [0, 0.1) is 0 Å². The van der Waals surface area contributed by atoms with Crippen LogP contribution in [0.4, 0.5) is 0 Å². The Morgan fingerprint density at radius 2 is 1.00 bits per heavy atom. The Labute approximate surface area is 286 Å². The first-order valence-electron chi connectivity index (χ1n) is 17.1. The molecule has 1 aliphatic rings. The van der Waals surface area contributed by atoms with Crippen LogP contribution < -0.4 is 0 Å². The van der Waals surface area contributed by atoms with Crippen LogP contribution in [0.1, 0.15) is 25.0 Å². The first kappa shape index (κ1) is 28.0. The van der Waals surface area contributed by atoms with Gasteiger partial charge in [0.1, 0.15) is 0 Å². The highest BCUT2D eigenvalue weighted by Gasteiger charge is 2.37. The van der Waals surface area contributed by atoms with E-state index >= 15 is 0 Å². The summed E-state index contributed by atoms with van der Waals surface area (Å²) in [5.74, 6) is 0. The predicted molar refractivity (Wildman–Crippen MR) is 208 cm³/mol. The van der Waals surface area contributed by atoms with E-state index in [4.69, 9.17) is 4.98 Å². The standard InChI is InChI=1S/C48H33N/c1-48(2)41-19-9-8-17-38(41)46-39(18-11-20-42(46)48)45-35-15-6-7-16-36(35)47(44-27-25-31-13-5-10-21-43(31)49-44)37-26-24-34(29-40(37)45)33-23-22-30-12-3-4-14-32(30)28-33/h3-29H,1-2H3. The molecular formula is C48H33N. The second kappa shape index (κ2) is 10.5. The van der Waals surface area contributed by atoms with Crippen LogP contribution in [0.25, 0.3) is 87.9 Å². The van der Waals surface area contributed by atoms with Gasteiger partial charge in [-0.1, -0.05) is 153 Å². The Morgan fingerprint density at radius 3 is 1.88 bits per heavy atom. The number of nitrogens with zero attached hydrogens (tertiary/aromatic N) is 1. The third-order valence-electron chi connectivity index (χ3n) is 10.8. The molecule has 0 spiro atoms. The minimum absolute atomic E-state index is 0.0846. The van der Waals surface area contributed by atoms with E-state index in [0.717, 1.165) is 16.6 Å². The number of rotatable bonds is 3. The Balaban J connectivity index is 1.34. The van der Waals surface area contributed by atoms with Crippen LogP contribution in [0.2, 0.25) is 0 Å². The van der Waals surface area contributed by atoms with Crippen molar-refractivity contribution in [3.8, 4) is 44.6 Å². The number of aromatic nitrogens is 1. The van der Waals surface area contributed by atoms with Gasteiger partial charge in [-0.25, -0.2) is 4.98 Å². The lowest BCUT2D eigenvalue weighted by Gasteiger charge is -2.23. The van der Waals surface area contributed by atoms with Crippen molar-refractivity contribution in [1.82, 2.24) is 4.98 Å². The molecule has 10 rings (SSSR count). The number of fused-ring (bicyclic) bond motifs is 7. The zero-order valence-corrected chi connectivity index (χ0v) is 27.5. The summed E-state index contributed by atoms with van der Waals surface area (Å²) in [5.41, 5.74) is 13.5. The second-order valence-corrected chi connectivity index (χ2v) is 13.9. The quantitative estimate of drug-likeness (QED) is 0.178. The summed E-state index contributed by atoms with van der Waals surface area (Å²) in [5, 5.41) is 8.56. The van der Waals surface area contributed by atoms with E-state index in [1.54, 1.807) is 0 Å². The fourth-order valence-corrected chi connectivity index (χ4v) is 8.46. The Kier molecular flexibility index (Phi) is 5.99. The summed E-state index contributed by atoms with van der Waals surface area (Å²) in [7, 11) is 0. The second-order valence-electron chi connectivity index (χ2n) is 13.9. The molecule has 0 atom stereocenters. The van der Waals surface area contributed by atoms with Crippen LogP contribution >= 0.6 is 0 Å².